The van der Waals surface area contributed by atoms with Crippen LogP contribution in [-0.2, 0) is 10.0 Å². The topological polar surface area (TPSA) is 89.3 Å². The van der Waals surface area contributed by atoms with Gasteiger partial charge in [0.05, 0.1) is 9.82 Å². The zero-order valence-electron chi connectivity index (χ0n) is 12.4. The largest absolute Gasteiger partial charge is 0.273 e. The zero-order chi connectivity index (χ0) is 15.8. The van der Waals surface area contributed by atoms with Crippen LogP contribution in [0.4, 0.5) is 5.69 Å². The molecule has 1 aromatic carbocycles. The smallest absolute Gasteiger partial charge is 0.258 e. The third kappa shape index (κ3) is 3.41. The lowest BCUT2D eigenvalue weighted by Gasteiger charge is -2.14. The maximum Gasteiger partial charge on any atom is 0.273 e. The fraction of sp³-hybridized carbons (Fsp3) is 0.571. The molecular formula is C14H20N2O4S. The van der Waals surface area contributed by atoms with E-state index in [1.807, 2.05) is 0 Å². The van der Waals surface area contributed by atoms with E-state index in [-0.39, 0.29) is 16.6 Å². The molecule has 1 fully saturated rings. The first kappa shape index (κ1) is 15.9. The van der Waals surface area contributed by atoms with E-state index in [1.165, 1.54) is 6.07 Å². The van der Waals surface area contributed by atoms with Crippen LogP contribution >= 0.6 is 0 Å². The summed E-state index contributed by atoms with van der Waals surface area (Å²) >= 11 is 0. The highest BCUT2D eigenvalue weighted by molar-refractivity contribution is 7.89. The van der Waals surface area contributed by atoms with Gasteiger partial charge in [0.15, 0.2) is 0 Å². The molecule has 21 heavy (non-hydrogen) atoms. The Morgan fingerprint density at radius 2 is 1.95 bits per heavy atom. The summed E-state index contributed by atoms with van der Waals surface area (Å²) in [6.45, 7) is 5.39. The summed E-state index contributed by atoms with van der Waals surface area (Å²) in [7, 11) is -3.72. The number of nitrogens with one attached hydrogen (secondary N) is 1. The summed E-state index contributed by atoms with van der Waals surface area (Å²) in [5.74, 6) is 0.506. The summed E-state index contributed by atoms with van der Waals surface area (Å²) in [5, 5.41) is 11.0. The van der Waals surface area contributed by atoms with Crippen LogP contribution in [0.1, 0.15) is 37.3 Å². The molecule has 0 saturated heterocycles. The van der Waals surface area contributed by atoms with E-state index >= 15 is 0 Å². The number of sulfonamides is 1. The molecule has 1 aliphatic rings. The first-order chi connectivity index (χ1) is 9.70. The average molecular weight is 312 g/mol. The summed E-state index contributed by atoms with van der Waals surface area (Å²) in [4.78, 5) is 10.5. The summed E-state index contributed by atoms with van der Waals surface area (Å²) in [6, 6.07) is 2.55. The van der Waals surface area contributed by atoms with E-state index in [4.69, 9.17) is 0 Å². The van der Waals surface area contributed by atoms with Crippen LogP contribution in [0.25, 0.3) is 0 Å². The molecule has 2 rings (SSSR count). The van der Waals surface area contributed by atoms with Crippen LogP contribution in [0.2, 0.25) is 0 Å². The van der Waals surface area contributed by atoms with Gasteiger partial charge in [-0.3, -0.25) is 10.1 Å². The number of nitro groups is 1. The first-order valence-corrected chi connectivity index (χ1v) is 8.47. The van der Waals surface area contributed by atoms with Gasteiger partial charge in [-0.15, -0.1) is 0 Å². The van der Waals surface area contributed by atoms with Gasteiger partial charge >= 0.3 is 0 Å². The van der Waals surface area contributed by atoms with Crippen molar-refractivity contribution in [3.05, 3.63) is 33.4 Å². The van der Waals surface area contributed by atoms with Gasteiger partial charge < -0.3 is 0 Å². The third-order valence-electron chi connectivity index (χ3n) is 4.14. The molecule has 1 N–H and O–H groups in total. The number of nitro benzene ring substituents is 1. The second-order valence-electron chi connectivity index (χ2n) is 5.88. The maximum absolute atomic E-state index is 12.4. The molecular weight excluding hydrogens is 292 g/mol. The number of hydrogen-bond donors (Lipinski definition) is 1. The predicted octanol–water partition coefficient (Wildman–Crippen LogP) is 2.68. The van der Waals surface area contributed by atoms with E-state index in [9.17, 15) is 18.5 Å². The predicted molar refractivity (Wildman–Crippen MR) is 79.7 cm³/mol. The Morgan fingerprint density at radius 1 is 1.29 bits per heavy atom. The van der Waals surface area contributed by atoms with Crippen LogP contribution in [0.3, 0.4) is 0 Å². The van der Waals surface area contributed by atoms with E-state index < -0.39 is 14.9 Å². The van der Waals surface area contributed by atoms with Gasteiger partial charge in [0.1, 0.15) is 0 Å². The highest BCUT2D eigenvalue weighted by atomic mass is 32.2. The molecule has 0 spiro atoms. The number of aryl methyl sites for hydroxylation is 1. The molecule has 2 atom stereocenters. The molecule has 2 unspecified atom stereocenters. The van der Waals surface area contributed by atoms with Gasteiger partial charge in [0, 0.05) is 17.7 Å². The number of benzene rings is 1. The van der Waals surface area contributed by atoms with Crippen molar-refractivity contribution in [3.8, 4) is 0 Å². The Kier molecular flexibility index (Phi) is 4.34. The van der Waals surface area contributed by atoms with E-state index in [1.54, 1.807) is 13.8 Å². The summed E-state index contributed by atoms with van der Waals surface area (Å²) in [5.41, 5.74) is 0.938. The number of nitrogens with zero attached hydrogens (tertiary/aromatic N) is 1. The Bertz CT molecular complexity index is 670. The van der Waals surface area contributed by atoms with Crippen molar-refractivity contribution in [1.82, 2.24) is 4.72 Å². The van der Waals surface area contributed by atoms with Crippen LogP contribution in [0.5, 0.6) is 0 Å². The molecule has 0 bridgehead atoms. The van der Waals surface area contributed by atoms with Gasteiger partial charge in [-0.1, -0.05) is 6.92 Å². The van der Waals surface area contributed by atoms with Crippen LogP contribution in [0.15, 0.2) is 17.0 Å². The van der Waals surface area contributed by atoms with Crippen molar-refractivity contribution in [2.24, 2.45) is 5.92 Å². The maximum atomic E-state index is 12.4. The minimum Gasteiger partial charge on any atom is -0.258 e. The van der Waals surface area contributed by atoms with Gasteiger partial charge in [0.2, 0.25) is 10.0 Å². The SMILES string of the molecule is Cc1cc(S(=O)(=O)NC2CCC(C)C2)cc([N+](=O)[O-])c1C. The molecule has 7 heteroatoms. The average Bonchev–Trinajstić information content (AvgIpc) is 2.76. The van der Waals surface area contributed by atoms with Crippen molar-refractivity contribution >= 4 is 15.7 Å². The van der Waals surface area contributed by atoms with E-state index in [0.717, 1.165) is 25.3 Å². The van der Waals surface area contributed by atoms with Gasteiger partial charge in [-0.2, -0.15) is 0 Å². The minimum atomic E-state index is -3.72. The van der Waals surface area contributed by atoms with E-state index in [0.29, 0.717) is 17.0 Å². The monoisotopic (exact) mass is 312 g/mol. The van der Waals surface area contributed by atoms with Crippen LogP contribution in [0, 0.1) is 29.9 Å². The van der Waals surface area contributed by atoms with Crippen LogP contribution in [-0.4, -0.2) is 19.4 Å². The normalized spacial score (nSPS) is 22.4. The molecule has 1 saturated carbocycles. The van der Waals surface area contributed by atoms with Crippen molar-refractivity contribution in [2.75, 3.05) is 0 Å². The third-order valence-corrected chi connectivity index (χ3v) is 5.64. The Morgan fingerprint density at radius 3 is 2.48 bits per heavy atom. The first-order valence-electron chi connectivity index (χ1n) is 6.98. The zero-order valence-corrected chi connectivity index (χ0v) is 13.2. The quantitative estimate of drug-likeness (QED) is 0.683. The molecule has 6 nitrogen and oxygen atoms in total. The molecule has 0 radical (unpaired) electrons. The van der Waals surface area contributed by atoms with E-state index in [2.05, 4.69) is 11.6 Å². The highest BCUT2D eigenvalue weighted by Crippen LogP contribution is 2.28. The Labute approximate surface area is 124 Å². The van der Waals surface area contributed by atoms with Crippen molar-refractivity contribution in [1.29, 1.82) is 0 Å². The summed E-state index contributed by atoms with van der Waals surface area (Å²) < 4.78 is 27.5. The Hall–Kier alpha value is -1.47. The molecule has 0 aromatic heterocycles. The summed E-state index contributed by atoms with van der Waals surface area (Å²) in [6.07, 6.45) is 2.62. The van der Waals surface area contributed by atoms with Gasteiger partial charge in [0.25, 0.3) is 5.69 Å². The number of rotatable bonds is 4. The molecule has 0 aliphatic heterocycles. The second-order valence-corrected chi connectivity index (χ2v) is 7.59. The standard InChI is InChI=1S/C14H20N2O4S/c1-9-4-5-12(6-9)15-21(19,20)13-7-10(2)11(3)14(8-13)16(17)18/h7-9,12,15H,4-6H2,1-3H3. The minimum absolute atomic E-state index is 0.0307. The highest BCUT2D eigenvalue weighted by Gasteiger charge is 2.28. The van der Waals surface area contributed by atoms with Gasteiger partial charge in [-0.05, 0) is 50.7 Å². The van der Waals surface area contributed by atoms with Gasteiger partial charge in [-0.25, -0.2) is 13.1 Å². The molecule has 116 valence electrons. The molecule has 1 aliphatic carbocycles. The number of hydrogen-bond acceptors (Lipinski definition) is 4. The molecule has 1 aromatic rings. The lowest BCUT2D eigenvalue weighted by Crippen LogP contribution is -2.33. The lowest BCUT2D eigenvalue weighted by molar-refractivity contribution is -0.385. The van der Waals surface area contributed by atoms with Crippen molar-refractivity contribution in [2.45, 2.75) is 51.0 Å². The van der Waals surface area contributed by atoms with Crippen molar-refractivity contribution in [3.63, 3.8) is 0 Å². The fourth-order valence-corrected chi connectivity index (χ4v) is 4.14. The Balaban J connectivity index is 2.34. The molecule has 0 amide bonds. The van der Waals surface area contributed by atoms with Crippen molar-refractivity contribution < 1.29 is 13.3 Å². The lowest BCUT2D eigenvalue weighted by atomic mass is 10.1. The van der Waals surface area contributed by atoms with Crippen LogP contribution < -0.4 is 4.72 Å². The molecule has 0 heterocycles. The second kappa shape index (κ2) is 5.73. The fourth-order valence-electron chi connectivity index (χ4n) is 2.75.